The highest BCUT2D eigenvalue weighted by Gasteiger charge is 2.64. The fraction of sp³-hybridized carbons (Fsp3) is 0.929. The van der Waals surface area contributed by atoms with Crippen LogP contribution in [0.2, 0.25) is 0 Å². The smallest absolute Gasteiger partial charge is 0.220 e. The third-order valence-corrected chi connectivity index (χ3v) is 5.09. The Morgan fingerprint density at radius 1 is 1.29 bits per heavy atom. The molecule has 17 heavy (non-hydrogen) atoms. The van der Waals surface area contributed by atoms with Gasteiger partial charge >= 0.3 is 0 Å². The highest BCUT2D eigenvalue weighted by molar-refractivity contribution is 5.75. The Hall–Kier alpha value is -0.570. The average Bonchev–Trinajstić information content (AvgIpc) is 2.63. The van der Waals surface area contributed by atoms with E-state index < -0.39 is 0 Å². The van der Waals surface area contributed by atoms with Gasteiger partial charge < -0.3 is 11.1 Å². The molecule has 3 N–H and O–H groups in total. The minimum atomic E-state index is 0.170. The van der Waals surface area contributed by atoms with Crippen LogP contribution in [0.15, 0.2) is 0 Å². The molecule has 0 bridgehead atoms. The molecule has 1 aliphatic carbocycles. The maximum atomic E-state index is 11.7. The first-order chi connectivity index (χ1) is 7.73. The van der Waals surface area contributed by atoms with E-state index in [1.165, 1.54) is 0 Å². The summed E-state index contributed by atoms with van der Waals surface area (Å²) in [7, 11) is 0. The van der Waals surface area contributed by atoms with Gasteiger partial charge in [-0.3, -0.25) is 4.79 Å². The minimum Gasteiger partial charge on any atom is -0.356 e. The van der Waals surface area contributed by atoms with Gasteiger partial charge in [-0.25, -0.2) is 0 Å². The summed E-state index contributed by atoms with van der Waals surface area (Å²) >= 11 is 0. The molecule has 1 atom stereocenters. The topological polar surface area (TPSA) is 55.1 Å². The molecule has 1 aliphatic rings. The largest absolute Gasteiger partial charge is 0.356 e. The van der Waals surface area contributed by atoms with E-state index >= 15 is 0 Å². The maximum absolute atomic E-state index is 11.7. The van der Waals surface area contributed by atoms with E-state index in [1.807, 2.05) is 0 Å². The van der Waals surface area contributed by atoms with Crippen LogP contribution in [-0.2, 0) is 4.79 Å². The normalized spacial score (nSPS) is 23.2. The summed E-state index contributed by atoms with van der Waals surface area (Å²) in [6.07, 6.45) is 1.49. The zero-order valence-electron chi connectivity index (χ0n) is 12.0. The standard InChI is InChI=1S/C14H28N2O/c1-10(8-15)6-7-12(17)16-9-11-13(2,3)14(11,4)5/h10-11H,6-9,15H2,1-5H3,(H,16,17). The molecule has 0 heterocycles. The fourth-order valence-electron chi connectivity index (χ4n) is 2.64. The van der Waals surface area contributed by atoms with Gasteiger partial charge in [-0.15, -0.1) is 0 Å². The molecule has 1 unspecified atom stereocenters. The summed E-state index contributed by atoms with van der Waals surface area (Å²) in [6, 6.07) is 0. The van der Waals surface area contributed by atoms with Crippen molar-refractivity contribution in [2.45, 2.75) is 47.5 Å². The van der Waals surface area contributed by atoms with Gasteiger partial charge in [0.2, 0.25) is 5.91 Å². The molecule has 1 rings (SSSR count). The molecule has 3 heteroatoms. The summed E-state index contributed by atoms with van der Waals surface area (Å²) in [5.74, 6) is 1.21. The predicted molar refractivity (Wildman–Crippen MR) is 71.5 cm³/mol. The lowest BCUT2D eigenvalue weighted by molar-refractivity contribution is -0.121. The van der Waals surface area contributed by atoms with Crippen LogP contribution < -0.4 is 11.1 Å². The van der Waals surface area contributed by atoms with Crippen LogP contribution in [0.1, 0.15) is 47.5 Å². The number of carbonyl (C=O) groups excluding carboxylic acids is 1. The summed E-state index contributed by atoms with van der Waals surface area (Å²) < 4.78 is 0. The number of hydrogen-bond donors (Lipinski definition) is 2. The van der Waals surface area contributed by atoms with Crippen LogP contribution >= 0.6 is 0 Å². The monoisotopic (exact) mass is 240 g/mol. The van der Waals surface area contributed by atoms with Crippen LogP contribution in [0, 0.1) is 22.7 Å². The summed E-state index contributed by atoms with van der Waals surface area (Å²) in [4.78, 5) is 11.7. The van der Waals surface area contributed by atoms with Crippen molar-refractivity contribution in [3.05, 3.63) is 0 Å². The average molecular weight is 240 g/mol. The second-order valence-corrected chi connectivity index (χ2v) is 6.68. The number of hydrogen-bond acceptors (Lipinski definition) is 2. The molecule has 0 aliphatic heterocycles. The fourth-order valence-corrected chi connectivity index (χ4v) is 2.64. The Morgan fingerprint density at radius 3 is 2.24 bits per heavy atom. The van der Waals surface area contributed by atoms with Gasteiger partial charge in [0.1, 0.15) is 0 Å². The van der Waals surface area contributed by atoms with E-state index in [9.17, 15) is 4.79 Å². The molecule has 0 saturated heterocycles. The first-order valence-corrected chi connectivity index (χ1v) is 6.70. The van der Waals surface area contributed by atoms with Crippen molar-refractivity contribution in [2.75, 3.05) is 13.1 Å². The van der Waals surface area contributed by atoms with Gasteiger partial charge in [-0.1, -0.05) is 34.6 Å². The molecule has 0 aromatic heterocycles. The van der Waals surface area contributed by atoms with E-state index in [2.05, 4.69) is 39.9 Å². The first-order valence-electron chi connectivity index (χ1n) is 6.70. The highest BCUT2D eigenvalue weighted by atomic mass is 16.1. The lowest BCUT2D eigenvalue weighted by atomic mass is 10.0. The Morgan fingerprint density at radius 2 is 1.82 bits per heavy atom. The molecule has 0 radical (unpaired) electrons. The van der Waals surface area contributed by atoms with E-state index in [0.29, 0.717) is 35.6 Å². The van der Waals surface area contributed by atoms with Gasteiger partial charge in [0.25, 0.3) is 0 Å². The predicted octanol–water partition coefficient (Wildman–Crippen LogP) is 2.16. The zero-order valence-corrected chi connectivity index (χ0v) is 12.0. The first kappa shape index (κ1) is 14.5. The van der Waals surface area contributed by atoms with Crippen LogP contribution in [0.5, 0.6) is 0 Å². The SMILES string of the molecule is CC(CN)CCC(=O)NCC1C(C)(C)C1(C)C. The molecule has 100 valence electrons. The number of rotatable bonds is 6. The van der Waals surface area contributed by atoms with Crippen molar-refractivity contribution >= 4 is 5.91 Å². The van der Waals surface area contributed by atoms with Gasteiger partial charge in [-0.05, 0) is 35.6 Å². The van der Waals surface area contributed by atoms with Crippen LogP contribution in [0.25, 0.3) is 0 Å². The van der Waals surface area contributed by atoms with Crippen molar-refractivity contribution < 1.29 is 4.79 Å². The summed E-state index contributed by atoms with van der Waals surface area (Å²) in [6.45, 7) is 12.7. The molecule has 1 saturated carbocycles. The molecule has 0 aromatic carbocycles. The quantitative estimate of drug-likeness (QED) is 0.747. The van der Waals surface area contributed by atoms with Crippen LogP contribution in [-0.4, -0.2) is 19.0 Å². The third kappa shape index (κ3) is 3.01. The third-order valence-electron chi connectivity index (χ3n) is 5.09. The van der Waals surface area contributed by atoms with E-state index in [-0.39, 0.29) is 5.91 Å². The van der Waals surface area contributed by atoms with Gasteiger partial charge in [0, 0.05) is 13.0 Å². The van der Waals surface area contributed by atoms with Crippen LogP contribution in [0.4, 0.5) is 0 Å². The molecule has 1 amide bonds. The van der Waals surface area contributed by atoms with Crippen LogP contribution in [0.3, 0.4) is 0 Å². The molecular weight excluding hydrogens is 212 g/mol. The molecule has 1 fully saturated rings. The van der Waals surface area contributed by atoms with E-state index in [4.69, 9.17) is 5.73 Å². The van der Waals surface area contributed by atoms with Gasteiger partial charge in [-0.2, -0.15) is 0 Å². The Labute approximate surface area is 106 Å². The van der Waals surface area contributed by atoms with E-state index in [0.717, 1.165) is 13.0 Å². The lowest BCUT2D eigenvalue weighted by Gasteiger charge is -2.09. The molecule has 0 spiro atoms. The van der Waals surface area contributed by atoms with Crippen molar-refractivity contribution in [3.63, 3.8) is 0 Å². The summed E-state index contributed by atoms with van der Waals surface area (Å²) in [5.41, 5.74) is 6.23. The number of amides is 1. The van der Waals surface area contributed by atoms with Gasteiger partial charge in [0.15, 0.2) is 0 Å². The van der Waals surface area contributed by atoms with Crippen molar-refractivity contribution in [1.29, 1.82) is 0 Å². The zero-order chi connectivity index (χ0) is 13.3. The van der Waals surface area contributed by atoms with Crippen molar-refractivity contribution in [3.8, 4) is 0 Å². The Balaban J connectivity index is 2.22. The molecular formula is C14H28N2O. The van der Waals surface area contributed by atoms with E-state index in [1.54, 1.807) is 0 Å². The second-order valence-electron chi connectivity index (χ2n) is 6.68. The molecule has 3 nitrogen and oxygen atoms in total. The Bertz CT molecular complexity index is 270. The number of nitrogens with two attached hydrogens (primary N) is 1. The molecule has 0 aromatic rings. The minimum absolute atomic E-state index is 0.170. The Kier molecular flexibility index (Phi) is 4.23. The lowest BCUT2D eigenvalue weighted by Crippen LogP contribution is -2.27. The second kappa shape index (κ2) is 4.97. The number of carbonyl (C=O) groups is 1. The number of nitrogens with one attached hydrogen (secondary N) is 1. The highest BCUT2D eigenvalue weighted by Crippen LogP contribution is 2.67. The van der Waals surface area contributed by atoms with Gasteiger partial charge in [0.05, 0.1) is 0 Å². The maximum Gasteiger partial charge on any atom is 0.220 e. The summed E-state index contributed by atoms with van der Waals surface area (Å²) in [5, 5.41) is 3.06. The van der Waals surface area contributed by atoms with Crippen molar-refractivity contribution in [2.24, 2.45) is 28.4 Å². The van der Waals surface area contributed by atoms with Crippen molar-refractivity contribution in [1.82, 2.24) is 5.32 Å².